The molecule has 2 heterocycles. The summed E-state index contributed by atoms with van der Waals surface area (Å²) >= 11 is 0. The molecule has 15 heteroatoms. The number of ether oxygens (including phenoxy) is 3. The third-order valence-corrected chi connectivity index (χ3v) is 10.7. The number of sulfonamides is 1. The highest BCUT2D eigenvalue weighted by Gasteiger charge is 2.31. The number of hydrogen-bond donors (Lipinski definition) is 3. The number of anilines is 3. The molecule has 288 valence electrons. The van der Waals surface area contributed by atoms with Gasteiger partial charge < -0.3 is 29.4 Å². The molecule has 1 aliphatic carbocycles. The SMILES string of the molecule is COc1ccc(CCOC(=O)[C@@H](NC(=O)OCC2c3ccccc3-c3ccccc32)C(C)C)c(Nc2nc3ccccc3nc2NS(=O)(=O)c2cn(C)cn2)c1. The molecule has 0 saturated carbocycles. The predicted molar refractivity (Wildman–Crippen MR) is 211 cm³/mol. The zero-order valence-electron chi connectivity index (χ0n) is 31.2. The predicted octanol–water partition coefficient (Wildman–Crippen LogP) is 6.57. The number of nitrogens with one attached hydrogen (secondary N) is 3. The Morgan fingerprint density at radius 2 is 1.50 bits per heavy atom. The van der Waals surface area contributed by atoms with Gasteiger partial charge in [-0.3, -0.25) is 4.72 Å². The fourth-order valence-corrected chi connectivity index (χ4v) is 7.62. The van der Waals surface area contributed by atoms with Gasteiger partial charge in [0, 0.05) is 37.3 Å². The van der Waals surface area contributed by atoms with Crippen LogP contribution in [0.3, 0.4) is 0 Å². The van der Waals surface area contributed by atoms with Crippen LogP contribution in [0.1, 0.15) is 36.5 Å². The number of benzene rings is 4. The quantitative estimate of drug-likeness (QED) is 0.102. The van der Waals surface area contributed by atoms with Crippen molar-refractivity contribution in [3.63, 3.8) is 0 Å². The summed E-state index contributed by atoms with van der Waals surface area (Å²) in [5.41, 5.74) is 6.63. The monoisotopic (exact) mass is 775 g/mol. The lowest BCUT2D eigenvalue weighted by molar-refractivity contribution is -0.147. The molecule has 2 aromatic heterocycles. The zero-order chi connectivity index (χ0) is 39.4. The molecule has 0 fully saturated rings. The molecule has 0 spiro atoms. The van der Waals surface area contributed by atoms with Gasteiger partial charge >= 0.3 is 12.1 Å². The highest BCUT2D eigenvalue weighted by molar-refractivity contribution is 7.92. The lowest BCUT2D eigenvalue weighted by Crippen LogP contribution is -2.46. The van der Waals surface area contributed by atoms with Gasteiger partial charge in [-0.15, -0.1) is 0 Å². The maximum Gasteiger partial charge on any atom is 0.407 e. The number of aryl methyl sites for hydroxylation is 1. The fourth-order valence-electron chi connectivity index (χ4n) is 6.63. The minimum atomic E-state index is -4.12. The van der Waals surface area contributed by atoms with Crippen LogP contribution in [0.2, 0.25) is 0 Å². The molecular weight excluding hydrogens is 735 g/mol. The molecule has 4 aromatic carbocycles. The summed E-state index contributed by atoms with van der Waals surface area (Å²) in [6.07, 6.45) is 2.30. The number of rotatable bonds is 14. The van der Waals surface area contributed by atoms with Crippen LogP contribution in [-0.4, -0.2) is 66.4 Å². The number of nitrogens with zero attached hydrogens (tertiary/aromatic N) is 4. The number of hydrogen-bond acceptors (Lipinski definition) is 11. The van der Waals surface area contributed by atoms with E-state index in [4.69, 9.17) is 14.2 Å². The molecule has 0 aliphatic heterocycles. The summed E-state index contributed by atoms with van der Waals surface area (Å²) in [4.78, 5) is 39.7. The molecule has 0 unspecified atom stereocenters. The van der Waals surface area contributed by atoms with E-state index in [1.54, 1.807) is 49.5 Å². The van der Waals surface area contributed by atoms with Crippen molar-refractivity contribution in [3.8, 4) is 16.9 Å². The van der Waals surface area contributed by atoms with Crippen molar-refractivity contribution in [2.45, 2.75) is 37.3 Å². The average Bonchev–Trinajstić information content (AvgIpc) is 3.78. The Morgan fingerprint density at radius 3 is 2.12 bits per heavy atom. The van der Waals surface area contributed by atoms with Gasteiger partial charge in [0.25, 0.3) is 10.0 Å². The first-order chi connectivity index (χ1) is 27.0. The van der Waals surface area contributed by atoms with Crippen LogP contribution in [0.4, 0.5) is 22.1 Å². The molecule has 6 aromatic rings. The molecule has 0 bridgehead atoms. The number of alkyl carbamates (subject to hydrolysis) is 1. The zero-order valence-corrected chi connectivity index (χ0v) is 32.0. The molecule has 7 rings (SSSR count). The van der Waals surface area contributed by atoms with Crippen LogP contribution in [0.15, 0.2) is 109 Å². The molecule has 0 saturated heterocycles. The third-order valence-electron chi connectivity index (χ3n) is 9.48. The van der Waals surface area contributed by atoms with Crippen molar-refractivity contribution in [2.24, 2.45) is 13.0 Å². The number of esters is 1. The molecular formula is C41H41N7O7S. The molecule has 1 amide bonds. The summed E-state index contributed by atoms with van der Waals surface area (Å²) in [5, 5.41) is 5.75. The molecule has 0 radical (unpaired) electrons. The van der Waals surface area contributed by atoms with Crippen molar-refractivity contribution in [1.29, 1.82) is 0 Å². The van der Waals surface area contributed by atoms with Crippen LogP contribution in [0.25, 0.3) is 22.2 Å². The van der Waals surface area contributed by atoms with Gasteiger partial charge in [-0.05, 0) is 51.9 Å². The topological polar surface area (TPSA) is 176 Å². The largest absolute Gasteiger partial charge is 0.497 e. The van der Waals surface area contributed by atoms with E-state index in [1.165, 1.54) is 24.2 Å². The van der Waals surface area contributed by atoms with Crippen LogP contribution in [0.5, 0.6) is 5.75 Å². The first-order valence-corrected chi connectivity index (χ1v) is 19.5. The second-order valence-corrected chi connectivity index (χ2v) is 15.3. The number of imidazole rings is 1. The molecule has 3 N–H and O–H groups in total. The van der Waals surface area contributed by atoms with E-state index in [9.17, 15) is 18.0 Å². The van der Waals surface area contributed by atoms with Gasteiger partial charge in [0.05, 0.1) is 31.1 Å². The Balaban J connectivity index is 1.03. The maximum atomic E-state index is 13.4. The number of methoxy groups -OCH3 is 1. The first-order valence-electron chi connectivity index (χ1n) is 18.0. The van der Waals surface area contributed by atoms with Crippen molar-refractivity contribution in [1.82, 2.24) is 24.8 Å². The average molecular weight is 776 g/mol. The Kier molecular flexibility index (Phi) is 10.9. The molecule has 1 atom stereocenters. The van der Waals surface area contributed by atoms with Gasteiger partial charge in [0.1, 0.15) is 18.4 Å². The van der Waals surface area contributed by atoms with Gasteiger partial charge in [-0.2, -0.15) is 8.42 Å². The second kappa shape index (κ2) is 16.1. The Labute approximate surface area is 324 Å². The standard InChI is InChI=1S/C41H41N7O7S/c1-25(2)37(46-41(50)55-23-32-30-13-7-5-11-28(30)29-12-6-8-14-31(29)32)40(49)54-20-19-26-17-18-27(53-4)21-35(26)45-38-39(44-34-16-10-9-15-33(34)43-38)47-56(51,52)36-22-48(3)24-42-36/h5-18,21-22,24-25,32,37H,19-20,23H2,1-4H3,(H,43,45)(H,44,47)(H,46,50)/t37-/m0/s1. The van der Waals surface area contributed by atoms with Crippen molar-refractivity contribution in [3.05, 3.63) is 120 Å². The lowest BCUT2D eigenvalue weighted by atomic mass is 9.98. The third kappa shape index (κ3) is 8.12. The molecule has 1 aliphatic rings. The summed E-state index contributed by atoms with van der Waals surface area (Å²) in [5.74, 6) is -0.424. The van der Waals surface area contributed by atoms with Crippen LogP contribution in [0, 0.1) is 5.92 Å². The highest BCUT2D eigenvalue weighted by Crippen LogP contribution is 2.44. The summed E-state index contributed by atoms with van der Waals surface area (Å²) in [6, 6.07) is 27.5. The number of fused-ring (bicyclic) bond motifs is 4. The first kappa shape index (κ1) is 37.8. The minimum absolute atomic E-state index is 0.0298. The number of aromatic nitrogens is 4. The molecule has 14 nitrogen and oxygen atoms in total. The Morgan fingerprint density at radius 1 is 0.857 bits per heavy atom. The normalized spacial score (nSPS) is 12.8. The van der Waals surface area contributed by atoms with Gasteiger partial charge in [0.15, 0.2) is 16.7 Å². The van der Waals surface area contributed by atoms with Crippen LogP contribution in [-0.2, 0) is 37.8 Å². The number of amides is 1. The second-order valence-electron chi connectivity index (χ2n) is 13.6. The van der Waals surface area contributed by atoms with Gasteiger partial charge in [-0.1, -0.05) is 80.6 Å². The van der Waals surface area contributed by atoms with Gasteiger partial charge in [-0.25, -0.2) is 24.5 Å². The van der Waals surface area contributed by atoms with Crippen molar-refractivity contribution < 1.29 is 32.2 Å². The van der Waals surface area contributed by atoms with Crippen molar-refractivity contribution in [2.75, 3.05) is 30.4 Å². The minimum Gasteiger partial charge on any atom is -0.497 e. The van der Waals surface area contributed by atoms with Crippen molar-refractivity contribution >= 4 is 50.4 Å². The summed E-state index contributed by atoms with van der Waals surface area (Å²) in [7, 11) is -0.931. The lowest BCUT2D eigenvalue weighted by Gasteiger charge is -2.22. The van der Waals surface area contributed by atoms with E-state index in [0.29, 0.717) is 28.0 Å². The van der Waals surface area contributed by atoms with Gasteiger partial charge in [0.2, 0.25) is 0 Å². The highest BCUT2D eigenvalue weighted by atomic mass is 32.2. The van der Waals surface area contributed by atoms with Crippen LogP contribution >= 0.6 is 0 Å². The number of para-hydroxylation sites is 2. The van der Waals surface area contributed by atoms with E-state index in [-0.39, 0.29) is 48.1 Å². The number of carbonyl (C=O) groups excluding carboxylic acids is 2. The van der Waals surface area contributed by atoms with E-state index in [2.05, 4.69) is 42.4 Å². The van der Waals surface area contributed by atoms with E-state index < -0.39 is 28.1 Å². The van der Waals surface area contributed by atoms with E-state index >= 15 is 0 Å². The number of carbonyl (C=O) groups is 2. The molecule has 56 heavy (non-hydrogen) atoms. The maximum absolute atomic E-state index is 13.4. The van der Waals surface area contributed by atoms with Crippen LogP contribution < -0.4 is 20.1 Å². The smallest absolute Gasteiger partial charge is 0.407 e. The fraction of sp³-hybridized carbons (Fsp3) is 0.244. The Hall–Kier alpha value is -6.48. The van der Waals surface area contributed by atoms with E-state index in [1.807, 2.05) is 50.2 Å². The summed E-state index contributed by atoms with van der Waals surface area (Å²) in [6.45, 7) is 3.70. The Bertz CT molecular complexity index is 2480. The van der Waals surface area contributed by atoms with E-state index in [0.717, 1.165) is 22.3 Å². The summed E-state index contributed by atoms with van der Waals surface area (Å²) < 4.78 is 47.5.